The molecule has 2 saturated heterocycles. The van der Waals surface area contributed by atoms with E-state index in [-0.39, 0.29) is 24.2 Å². The first-order valence-corrected chi connectivity index (χ1v) is 10.3. The standard InChI is InChI=1S/C21H28N6O2.ClH/c28-20(23-17-5-2-1-3-6-17)16-25-11-13-26(14-12-25)21(29)19-8-10-27(24-19)18-7-4-9-22-15-18;/h1-3,5-6,8,10,18,22H,4,7,9,11-16H2,(H,23,28);1H. The van der Waals surface area contributed by atoms with Gasteiger partial charge < -0.3 is 15.5 Å². The van der Waals surface area contributed by atoms with Crippen molar-refractivity contribution < 1.29 is 9.59 Å². The lowest BCUT2D eigenvalue weighted by Gasteiger charge is -2.34. The van der Waals surface area contributed by atoms with Crippen LogP contribution in [0.4, 0.5) is 5.69 Å². The van der Waals surface area contributed by atoms with Gasteiger partial charge >= 0.3 is 0 Å². The summed E-state index contributed by atoms with van der Waals surface area (Å²) in [5, 5.41) is 10.8. The molecule has 9 heteroatoms. The number of nitrogens with one attached hydrogen (secondary N) is 2. The van der Waals surface area contributed by atoms with Gasteiger partial charge in [-0.1, -0.05) is 18.2 Å². The molecule has 0 radical (unpaired) electrons. The Balaban J connectivity index is 0.00000256. The summed E-state index contributed by atoms with van der Waals surface area (Å²) in [6.07, 6.45) is 4.13. The SMILES string of the molecule is Cl.O=C(CN1CCN(C(=O)c2ccn(C3CCCNC3)n2)CC1)Nc1ccccc1. The number of hydrogen-bond acceptors (Lipinski definition) is 5. The molecule has 3 heterocycles. The van der Waals surface area contributed by atoms with Gasteiger partial charge in [0.15, 0.2) is 0 Å². The van der Waals surface area contributed by atoms with Gasteiger partial charge in [-0.3, -0.25) is 19.2 Å². The minimum absolute atomic E-state index is 0. The number of piperidine rings is 1. The number of piperazine rings is 1. The summed E-state index contributed by atoms with van der Waals surface area (Å²) in [7, 11) is 0. The van der Waals surface area contributed by atoms with Gasteiger partial charge in [-0.2, -0.15) is 5.10 Å². The van der Waals surface area contributed by atoms with Crippen LogP contribution in [0.2, 0.25) is 0 Å². The van der Waals surface area contributed by atoms with E-state index in [4.69, 9.17) is 0 Å². The second-order valence-corrected chi connectivity index (χ2v) is 7.66. The zero-order chi connectivity index (χ0) is 20.1. The van der Waals surface area contributed by atoms with Crippen LogP contribution < -0.4 is 10.6 Å². The molecule has 0 aliphatic carbocycles. The topological polar surface area (TPSA) is 82.5 Å². The highest BCUT2D eigenvalue weighted by Crippen LogP contribution is 2.16. The van der Waals surface area contributed by atoms with Crippen molar-refractivity contribution in [3.63, 3.8) is 0 Å². The van der Waals surface area contributed by atoms with Crippen LogP contribution in [0.3, 0.4) is 0 Å². The monoisotopic (exact) mass is 432 g/mol. The van der Waals surface area contributed by atoms with Crippen molar-refractivity contribution in [3.05, 3.63) is 48.3 Å². The molecule has 8 nitrogen and oxygen atoms in total. The molecule has 2 aliphatic rings. The van der Waals surface area contributed by atoms with Crippen molar-refractivity contribution in [2.75, 3.05) is 51.1 Å². The average Bonchev–Trinajstić information content (AvgIpc) is 3.25. The van der Waals surface area contributed by atoms with Crippen LogP contribution in [0.5, 0.6) is 0 Å². The number of nitrogens with zero attached hydrogens (tertiary/aromatic N) is 4. The van der Waals surface area contributed by atoms with Crippen molar-refractivity contribution >= 4 is 29.9 Å². The molecule has 1 aromatic carbocycles. The van der Waals surface area contributed by atoms with E-state index >= 15 is 0 Å². The van der Waals surface area contributed by atoms with E-state index in [0.717, 1.165) is 31.6 Å². The summed E-state index contributed by atoms with van der Waals surface area (Å²) in [4.78, 5) is 28.9. The number of halogens is 1. The number of rotatable bonds is 5. The van der Waals surface area contributed by atoms with Crippen LogP contribution in [0.25, 0.3) is 0 Å². The number of carbonyl (C=O) groups excluding carboxylic acids is 2. The van der Waals surface area contributed by atoms with Crippen LogP contribution >= 0.6 is 12.4 Å². The van der Waals surface area contributed by atoms with Gasteiger partial charge in [0.2, 0.25) is 5.91 Å². The number of aromatic nitrogens is 2. The Kier molecular flexibility index (Phi) is 7.84. The van der Waals surface area contributed by atoms with Crippen molar-refractivity contribution in [2.45, 2.75) is 18.9 Å². The normalized spacial score (nSPS) is 19.7. The number of benzene rings is 1. The molecule has 30 heavy (non-hydrogen) atoms. The maximum absolute atomic E-state index is 12.8. The van der Waals surface area contributed by atoms with Gasteiger partial charge in [-0.05, 0) is 37.6 Å². The number of carbonyl (C=O) groups is 2. The summed E-state index contributed by atoms with van der Waals surface area (Å²) in [6, 6.07) is 11.6. The third kappa shape index (κ3) is 5.59. The minimum atomic E-state index is -0.0317. The zero-order valence-corrected chi connectivity index (χ0v) is 17.8. The number of hydrogen-bond donors (Lipinski definition) is 2. The lowest BCUT2D eigenvalue weighted by Crippen LogP contribution is -2.50. The van der Waals surface area contributed by atoms with Crippen LogP contribution in [-0.4, -0.2) is 77.2 Å². The fraction of sp³-hybridized carbons (Fsp3) is 0.476. The summed E-state index contributed by atoms with van der Waals surface area (Å²) >= 11 is 0. The molecule has 2 amide bonds. The van der Waals surface area contributed by atoms with E-state index < -0.39 is 0 Å². The van der Waals surface area contributed by atoms with Crippen molar-refractivity contribution in [1.29, 1.82) is 0 Å². The predicted molar refractivity (Wildman–Crippen MR) is 118 cm³/mol. The van der Waals surface area contributed by atoms with Crippen molar-refractivity contribution in [2.24, 2.45) is 0 Å². The Morgan fingerprint density at radius 3 is 2.57 bits per heavy atom. The molecule has 2 aliphatic heterocycles. The van der Waals surface area contributed by atoms with Gasteiger partial charge in [0.05, 0.1) is 12.6 Å². The van der Waals surface area contributed by atoms with Gasteiger partial charge in [0, 0.05) is 44.6 Å². The first kappa shape index (κ1) is 22.3. The minimum Gasteiger partial charge on any atom is -0.335 e. The van der Waals surface area contributed by atoms with Gasteiger partial charge in [-0.25, -0.2) is 0 Å². The Labute approximate surface area is 183 Å². The number of anilines is 1. The molecule has 0 spiro atoms. The average molecular weight is 433 g/mol. The lowest BCUT2D eigenvalue weighted by atomic mass is 10.1. The third-order valence-electron chi connectivity index (χ3n) is 5.56. The first-order chi connectivity index (χ1) is 14.2. The molecule has 162 valence electrons. The maximum Gasteiger partial charge on any atom is 0.274 e. The van der Waals surface area contributed by atoms with Crippen molar-refractivity contribution in [3.8, 4) is 0 Å². The second kappa shape index (κ2) is 10.6. The fourth-order valence-corrected chi connectivity index (χ4v) is 3.91. The molecule has 1 atom stereocenters. The molecule has 1 unspecified atom stereocenters. The third-order valence-corrected chi connectivity index (χ3v) is 5.56. The molecular weight excluding hydrogens is 404 g/mol. The summed E-state index contributed by atoms with van der Waals surface area (Å²) in [5.41, 5.74) is 1.31. The largest absolute Gasteiger partial charge is 0.335 e. The molecule has 0 bridgehead atoms. The Morgan fingerprint density at radius 1 is 1.10 bits per heavy atom. The van der Waals surface area contributed by atoms with E-state index in [1.165, 1.54) is 0 Å². The summed E-state index contributed by atoms with van der Waals surface area (Å²) in [6.45, 7) is 4.86. The van der Waals surface area contributed by atoms with Gasteiger partial charge in [0.1, 0.15) is 5.69 Å². The highest BCUT2D eigenvalue weighted by Gasteiger charge is 2.25. The lowest BCUT2D eigenvalue weighted by molar-refractivity contribution is -0.117. The second-order valence-electron chi connectivity index (χ2n) is 7.66. The molecule has 0 saturated carbocycles. The van der Waals surface area contributed by atoms with E-state index in [0.29, 0.717) is 44.5 Å². The van der Waals surface area contributed by atoms with Crippen LogP contribution in [0.1, 0.15) is 29.4 Å². The first-order valence-electron chi connectivity index (χ1n) is 10.3. The summed E-state index contributed by atoms with van der Waals surface area (Å²) in [5.74, 6) is -0.0586. The fourth-order valence-electron chi connectivity index (χ4n) is 3.91. The molecule has 4 rings (SSSR count). The zero-order valence-electron chi connectivity index (χ0n) is 17.0. The van der Waals surface area contributed by atoms with E-state index in [9.17, 15) is 9.59 Å². The maximum atomic E-state index is 12.8. The highest BCUT2D eigenvalue weighted by molar-refractivity contribution is 5.93. The predicted octanol–water partition coefficient (Wildman–Crippen LogP) is 1.63. The quantitative estimate of drug-likeness (QED) is 0.750. The van der Waals surface area contributed by atoms with Crippen LogP contribution in [0.15, 0.2) is 42.6 Å². The molecule has 2 fully saturated rings. The number of para-hydroxylation sites is 1. The molecule has 2 N–H and O–H groups in total. The molecule has 1 aromatic heterocycles. The van der Waals surface area contributed by atoms with E-state index in [2.05, 4.69) is 20.6 Å². The van der Waals surface area contributed by atoms with E-state index in [1.54, 1.807) is 0 Å². The van der Waals surface area contributed by atoms with Crippen LogP contribution in [-0.2, 0) is 4.79 Å². The highest BCUT2D eigenvalue weighted by atomic mass is 35.5. The summed E-state index contributed by atoms with van der Waals surface area (Å²) < 4.78 is 1.92. The van der Waals surface area contributed by atoms with Crippen molar-refractivity contribution in [1.82, 2.24) is 24.9 Å². The molecule has 2 aromatic rings. The van der Waals surface area contributed by atoms with Gasteiger partial charge in [-0.15, -0.1) is 12.4 Å². The van der Waals surface area contributed by atoms with E-state index in [1.807, 2.05) is 52.2 Å². The molecular formula is C21H29ClN6O2. The van der Waals surface area contributed by atoms with Crippen LogP contribution in [0, 0.1) is 0 Å². The van der Waals surface area contributed by atoms with Gasteiger partial charge in [0.25, 0.3) is 5.91 Å². The smallest absolute Gasteiger partial charge is 0.274 e. The Bertz CT molecular complexity index is 829. The number of amides is 2. The Morgan fingerprint density at radius 2 is 1.87 bits per heavy atom. The Hall–Kier alpha value is -2.42.